The van der Waals surface area contributed by atoms with E-state index in [2.05, 4.69) is 96.0 Å². The highest BCUT2D eigenvalue weighted by molar-refractivity contribution is 6.23. The Hall–Kier alpha value is -6.46. The second kappa shape index (κ2) is 10.0. The zero-order chi connectivity index (χ0) is 30.9. The van der Waals surface area contributed by atoms with Crippen molar-refractivity contribution in [3.63, 3.8) is 0 Å². The maximum Gasteiger partial charge on any atom is 0.164 e. The summed E-state index contributed by atoms with van der Waals surface area (Å²) in [6.07, 6.45) is 3.57. The highest BCUT2D eigenvalue weighted by atomic mass is 16.3. The number of nitrogens with zero attached hydrogens (tertiary/aromatic N) is 4. The molecule has 0 aliphatic heterocycles. The molecule has 218 valence electrons. The zero-order valence-electron chi connectivity index (χ0n) is 25.1. The van der Waals surface area contributed by atoms with Crippen LogP contribution in [0.4, 0.5) is 0 Å². The summed E-state index contributed by atoms with van der Waals surface area (Å²) in [5.74, 6) is 1.87. The first-order chi connectivity index (χ1) is 23.3. The number of hydrogen-bond donors (Lipinski definition) is 0. The molecule has 0 aliphatic rings. The van der Waals surface area contributed by atoms with Gasteiger partial charge in [-0.3, -0.25) is 4.98 Å². The Bertz CT molecular complexity index is 2860. The highest BCUT2D eigenvalue weighted by Crippen LogP contribution is 2.40. The lowest BCUT2D eigenvalue weighted by molar-refractivity contribution is 0.670. The van der Waals surface area contributed by atoms with Crippen LogP contribution in [0.15, 0.2) is 150 Å². The Balaban J connectivity index is 1.27. The summed E-state index contributed by atoms with van der Waals surface area (Å²) < 4.78 is 6.35. The van der Waals surface area contributed by atoms with Gasteiger partial charge >= 0.3 is 0 Å². The molecule has 7 aromatic carbocycles. The largest absolute Gasteiger partial charge is 0.454 e. The van der Waals surface area contributed by atoms with Gasteiger partial charge in [0.2, 0.25) is 0 Å². The van der Waals surface area contributed by atoms with E-state index in [9.17, 15) is 0 Å². The van der Waals surface area contributed by atoms with E-state index >= 15 is 0 Å². The molecule has 10 aromatic rings. The fraction of sp³-hybridized carbons (Fsp3) is 0. The van der Waals surface area contributed by atoms with Crippen LogP contribution in [0.25, 0.3) is 99.2 Å². The Morgan fingerprint density at radius 3 is 1.98 bits per heavy atom. The molecule has 0 spiro atoms. The molecule has 0 unspecified atom stereocenters. The maximum atomic E-state index is 6.35. The van der Waals surface area contributed by atoms with E-state index in [4.69, 9.17) is 19.4 Å². The molecule has 0 aliphatic carbocycles. The summed E-state index contributed by atoms with van der Waals surface area (Å²) in [5, 5.41) is 11.2. The molecule has 47 heavy (non-hydrogen) atoms. The minimum Gasteiger partial charge on any atom is -0.454 e. The van der Waals surface area contributed by atoms with Gasteiger partial charge in [-0.15, -0.1) is 0 Å². The van der Waals surface area contributed by atoms with Crippen LogP contribution in [0, 0.1) is 0 Å². The van der Waals surface area contributed by atoms with Gasteiger partial charge in [-0.2, -0.15) is 0 Å². The minimum absolute atomic E-state index is 0.610. The van der Waals surface area contributed by atoms with Crippen molar-refractivity contribution in [1.82, 2.24) is 19.9 Å². The molecule has 3 aromatic heterocycles. The molecular weight excluding hydrogens is 576 g/mol. The first kappa shape index (κ1) is 25.8. The van der Waals surface area contributed by atoms with Crippen molar-refractivity contribution in [2.45, 2.75) is 0 Å². The fourth-order valence-corrected chi connectivity index (χ4v) is 7.04. The molecule has 3 heterocycles. The third kappa shape index (κ3) is 3.97. The van der Waals surface area contributed by atoms with E-state index < -0.39 is 0 Å². The van der Waals surface area contributed by atoms with Crippen molar-refractivity contribution in [3.8, 4) is 34.2 Å². The zero-order valence-corrected chi connectivity index (χ0v) is 25.1. The molecule has 0 fully saturated rings. The van der Waals surface area contributed by atoms with Crippen LogP contribution >= 0.6 is 0 Å². The quantitative estimate of drug-likeness (QED) is 0.189. The number of fused-ring (bicyclic) bond motifs is 10. The number of furan rings is 1. The van der Waals surface area contributed by atoms with E-state index in [1.807, 2.05) is 42.5 Å². The molecule has 10 rings (SSSR count). The average molecular weight is 601 g/mol. The first-order valence-electron chi connectivity index (χ1n) is 15.6. The Kier molecular flexibility index (Phi) is 5.51. The molecular formula is C42H24N4O. The van der Waals surface area contributed by atoms with Gasteiger partial charge in [0.25, 0.3) is 0 Å². The van der Waals surface area contributed by atoms with E-state index in [1.165, 1.54) is 21.5 Å². The summed E-state index contributed by atoms with van der Waals surface area (Å²) in [5.41, 5.74) is 4.42. The van der Waals surface area contributed by atoms with Crippen LogP contribution in [-0.4, -0.2) is 19.9 Å². The lowest BCUT2D eigenvalue weighted by atomic mass is 9.93. The topological polar surface area (TPSA) is 64.7 Å². The predicted molar refractivity (Wildman–Crippen MR) is 191 cm³/mol. The predicted octanol–water partition coefficient (Wildman–Crippen LogP) is 10.8. The summed E-state index contributed by atoms with van der Waals surface area (Å²) >= 11 is 0. The Labute approximate surface area is 268 Å². The number of pyridine rings is 1. The van der Waals surface area contributed by atoms with Crippen molar-refractivity contribution in [3.05, 3.63) is 146 Å². The molecule has 0 atom stereocenters. The Morgan fingerprint density at radius 2 is 1.09 bits per heavy atom. The van der Waals surface area contributed by atoms with Crippen molar-refractivity contribution in [2.24, 2.45) is 0 Å². The number of benzene rings is 7. The summed E-state index contributed by atoms with van der Waals surface area (Å²) in [4.78, 5) is 19.7. The van der Waals surface area contributed by atoms with Crippen molar-refractivity contribution < 1.29 is 4.42 Å². The molecule has 0 saturated heterocycles. The Morgan fingerprint density at radius 1 is 0.426 bits per heavy atom. The first-order valence-corrected chi connectivity index (χ1v) is 15.6. The van der Waals surface area contributed by atoms with Crippen LogP contribution in [0.2, 0.25) is 0 Å². The van der Waals surface area contributed by atoms with Gasteiger partial charge in [0.1, 0.15) is 5.58 Å². The van der Waals surface area contributed by atoms with E-state index in [0.29, 0.717) is 17.5 Å². The van der Waals surface area contributed by atoms with Gasteiger partial charge < -0.3 is 4.42 Å². The number of hydrogen-bond acceptors (Lipinski definition) is 5. The smallest absolute Gasteiger partial charge is 0.164 e. The van der Waals surface area contributed by atoms with Gasteiger partial charge in [0.15, 0.2) is 23.1 Å². The summed E-state index contributed by atoms with van der Waals surface area (Å²) in [6, 6.07) is 46.4. The standard InChI is InChI=1S/C42H24N4O/c1-2-10-26(11-3-1)40-44-41(35-16-8-15-33-30(35)19-20-34-31-21-22-43-24-37(31)47-39(33)34)46-42(45-40)36-23-27-18-17-25-9-4-5-12-28(25)38(27)32-14-7-6-13-29(32)36/h1-24H. The van der Waals surface area contributed by atoms with E-state index in [-0.39, 0.29) is 0 Å². The molecule has 0 amide bonds. The lowest BCUT2D eigenvalue weighted by Gasteiger charge is -2.14. The second-order valence-corrected chi connectivity index (χ2v) is 11.8. The van der Waals surface area contributed by atoms with Crippen LogP contribution < -0.4 is 0 Å². The molecule has 0 bridgehead atoms. The van der Waals surface area contributed by atoms with Gasteiger partial charge in [-0.1, -0.05) is 115 Å². The van der Waals surface area contributed by atoms with E-state index in [1.54, 1.807) is 12.4 Å². The normalized spacial score (nSPS) is 11.8. The van der Waals surface area contributed by atoms with Crippen LogP contribution in [0.1, 0.15) is 0 Å². The molecule has 5 heteroatoms. The fourth-order valence-electron chi connectivity index (χ4n) is 7.04. The lowest BCUT2D eigenvalue weighted by Crippen LogP contribution is -2.01. The summed E-state index contributed by atoms with van der Waals surface area (Å²) in [6.45, 7) is 0. The SMILES string of the molecule is c1ccc(-c2nc(-c3cccc4c3ccc3c5ccncc5oc43)nc(-c3cc4ccc5ccccc5c4c4ccccc34)n2)cc1. The minimum atomic E-state index is 0.610. The molecule has 0 radical (unpaired) electrons. The number of rotatable bonds is 3. The van der Waals surface area contributed by atoms with Crippen molar-refractivity contribution in [1.29, 1.82) is 0 Å². The molecule has 0 N–H and O–H groups in total. The number of aromatic nitrogens is 4. The van der Waals surface area contributed by atoms with E-state index in [0.717, 1.165) is 60.2 Å². The van der Waals surface area contributed by atoms with Crippen molar-refractivity contribution >= 4 is 65.0 Å². The third-order valence-electron chi connectivity index (χ3n) is 9.20. The van der Waals surface area contributed by atoms with Gasteiger partial charge in [0, 0.05) is 39.0 Å². The monoisotopic (exact) mass is 600 g/mol. The average Bonchev–Trinajstić information content (AvgIpc) is 3.53. The third-order valence-corrected chi connectivity index (χ3v) is 9.20. The second-order valence-electron chi connectivity index (χ2n) is 11.8. The maximum absolute atomic E-state index is 6.35. The van der Waals surface area contributed by atoms with Gasteiger partial charge in [0.05, 0.1) is 6.20 Å². The summed E-state index contributed by atoms with van der Waals surface area (Å²) in [7, 11) is 0. The van der Waals surface area contributed by atoms with Crippen molar-refractivity contribution in [2.75, 3.05) is 0 Å². The molecule has 0 saturated carbocycles. The van der Waals surface area contributed by atoms with Crippen LogP contribution in [0.5, 0.6) is 0 Å². The van der Waals surface area contributed by atoms with Crippen LogP contribution in [-0.2, 0) is 0 Å². The van der Waals surface area contributed by atoms with Gasteiger partial charge in [-0.05, 0) is 55.9 Å². The molecule has 5 nitrogen and oxygen atoms in total. The van der Waals surface area contributed by atoms with Crippen LogP contribution in [0.3, 0.4) is 0 Å². The van der Waals surface area contributed by atoms with Gasteiger partial charge in [-0.25, -0.2) is 15.0 Å². The highest BCUT2D eigenvalue weighted by Gasteiger charge is 2.19.